The Morgan fingerprint density at radius 1 is 0.671 bits per heavy atom. The molecule has 6 heterocycles. The number of amides is 4. The van der Waals surface area contributed by atoms with Crippen LogP contribution in [0.15, 0.2) is 94.0 Å². The fourth-order valence-corrected chi connectivity index (χ4v) is 11.7. The molecule has 0 saturated heterocycles. The number of carbonyl (C=O) groups excluding carboxylic acids is 4. The second-order valence-electron chi connectivity index (χ2n) is 22.8. The molecule has 1 unspecified atom stereocenters. The molecule has 0 spiro atoms. The highest BCUT2D eigenvalue weighted by atomic mass is 31.2. The minimum atomic E-state index is -4.98. The fraction of sp³-hybridized carbons (Fsp3) is 0.433. The quantitative estimate of drug-likeness (QED) is 0.0363. The number of hydrogen-bond donors (Lipinski definition) is 2. The van der Waals surface area contributed by atoms with Crippen molar-refractivity contribution in [2.24, 2.45) is 0 Å². The number of likely N-dealkylation sites (N-methyl/N-ethyl adjacent to an activating group) is 2. The molecule has 85 heavy (non-hydrogen) atoms. The molecule has 4 amide bonds. The predicted octanol–water partition coefficient (Wildman–Crippen LogP) is 10.5. The number of phosphoric acid groups is 2. The van der Waals surface area contributed by atoms with Crippen LogP contribution in [-0.2, 0) is 72.3 Å². The van der Waals surface area contributed by atoms with E-state index >= 15 is 0 Å². The van der Waals surface area contributed by atoms with Crippen molar-refractivity contribution in [3.8, 4) is 0 Å². The summed E-state index contributed by atoms with van der Waals surface area (Å²) < 4.78 is 58.0. The maximum Gasteiger partial charge on any atom is 0.476 e. The zero-order chi connectivity index (χ0) is 60.9. The maximum atomic E-state index is 13.6. The van der Waals surface area contributed by atoms with E-state index in [0.717, 1.165) is 72.7 Å². The largest absolute Gasteiger partial charge is 0.756 e. The van der Waals surface area contributed by atoms with Crippen molar-refractivity contribution in [2.45, 2.75) is 119 Å². The Morgan fingerprint density at radius 3 is 1.41 bits per heavy atom. The lowest BCUT2D eigenvalue weighted by atomic mass is 10.0. The van der Waals surface area contributed by atoms with Crippen molar-refractivity contribution in [3.05, 3.63) is 130 Å². The second-order valence-corrected chi connectivity index (χ2v) is 36.9. The van der Waals surface area contributed by atoms with Crippen molar-refractivity contribution in [1.29, 1.82) is 0 Å². The lowest BCUT2D eigenvalue weighted by molar-refractivity contribution is -0.597. The van der Waals surface area contributed by atoms with E-state index in [1.54, 1.807) is 48.3 Å². The highest BCUT2D eigenvalue weighted by Gasteiger charge is 2.34. The van der Waals surface area contributed by atoms with Gasteiger partial charge in [-0.15, -0.1) is 0 Å². The molecule has 2 aliphatic rings. The molecule has 0 bridgehead atoms. The van der Waals surface area contributed by atoms with E-state index in [9.17, 15) is 33.2 Å². The molecule has 3 N–H and O–H groups in total. The molecule has 2 aliphatic heterocycles. The average Bonchev–Trinajstić information content (AvgIpc) is 3.77. The van der Waals surface area contributed by atoms with Crippen molar-refractivity contribution in [1.82, 2.24) is 19.8 Å². The Labute approximate surface area is 502 Å². The number of hydrogen-bond acceptors (Lipinski definition) is 15. The minimum Gasteiger partial charge on any atom is -0.756 e. The highest BCUT2D eigenvalue weighted by Crippen LogP contribution is 2.51. The van der Waals surface area contributed by atoms with E-state index in [1.807, 2.05) is 87.9 Å². The first-order valence-electron chi connectivity index (χ1n) is 27.4. The molecule has 0 fully saturated rings. The zero-order valence-electron chi connectivity index (χ0n) is 49.6. The summed E-state index contributed by atoms with van der Waals surface area (Å²) in [4.78, 5) is 84.7. The number of phosphoric ester groups is 2. The number of nitrogens with two attached hydrogens (primary N) is 1. The molecular weight excluding hydrogens is 1160 g/mol. The molecule has 0 aliphatic carbocycles. The summed E-state index contributed by atoms with van der Waals surface area (Å²) >= 11 is 0. The number of fused-ring (bicyclic) bond motifs is 4. The van der Waals surface area contributed by atoms with Crippen LogP contribution in [0.2, 0.25) is 51.4 Å². The monoisotopic (exact) mass is 1250 g/mol. The number of pyridine rings is 2. The van der Waals surface area contributed by atoms with E-state index in [4.69, 9.17) is 27.3 Å². The minimum absolute atomic E-state index is 0. The molecule has 2 aromatic carbocycles. The van der Waals surface area contributed by atoms with Gasteiger partial charge in [-0.25, -0.2) is 14.5 Å². The molecule has 4 aromatic heterocycles. The van der Waals surface area contributed by atoms with E-state index in [0.29, 0.717) is 42.9 Å². The molecule has 21 nitrogen and oxygen atoms in total. The Kier molecular flexibility index (Phi) is 26.4. The standard InChI is InChI=1S/C33H48N3O7PSi2.C23H24N3O7P.C2H7N.2CH4/c1-25-28-11-9-10-12-29(28)43-30(25)23-35(2)31(37)15-13-26-21-27-14-16-32(38)36(33(27)34-22-26)24-42-44(39,40-17-19-45(3,4)5)41-18-20-46(6,7)8;1-15-18-5-3-4-6-19(18)33-20(15)13-25(2)21(27)9-7-16-11-17-8-10-22(28)26(23(17)24-12-16)14-32-34(29,30)31;1-3-2;;/h9-13,15,21-22H,14,16-20,23-24H2,1-8H3;3-7,9,11-12H,8,10,13-14H2,1-2H3,(H2,29,30,31);3H,1-2H3;2*1H4/b15-13+;9-7+;;;. The number of quaternary nitrogens is 1. The van der Waals surface area contributed by atoms with Gasteiger partial charge >= 0.3 is 7.82 Å². The van der Waals surface area contributed by atoms with Crippen LogP contribution >= 0.6 is 15.6 Å². The first-order chi connectivity index (χ1) is 39.1. The fourth-order valence-electron chi connectivity index (χ4n) is 8.56. The number of furan rings is 2. The van der Waals surface area contributed by atoms with Gasteiger partial charge in [0.2, 0.25) is 23.6 Å². The van der Waals surface area contributed by atoms with Crippen LogP contribution in [0.4, 0.5) is 11.6 Å². The average molecular weight is 1250 g/mol. The van der Waals surface area contributed by atoms with Crippen LogP contribution in [-0.4, -0.2) is 119 Å². The number of carbonyl (C=O) groups is 4. The highest BCUT2D eigenvalue weighted by molar-refractivity contribution is 7.48. The second kappa shape index (κ2) is 31.4. The van der Waals surface area contributed by atoms with Crippen molar-refractivity contribution >= 4 is 101 Å². The van der Waals surface area contributed by atoms with Gasteiger partial charge in [-0.3, -0.25) is 51.6 Å². The SMILES string of the molecule is C.C.C[NH2+]C.Cc1c(CN(C)C(=O)/C=C/c2cnc3c(c2)CCC(=O)N3COP(=O)(OCC[Si](C)(C)C)OCC[Si](C)(C)C)oc2ccccc12.Cc1c(CN(C)C(=O)/C=C/c2cnc3c(c2)CCC(=O)N3COP(=O)([O-])O)oc2ccccc12. The van der Waals surface area contributed by atoms with Crippen LogP contribution in [0.25, 0.3) is 34.1 Å². The number of para-hydroxylation sites is 2. The normalized spacial score (nSPS) is 14.2. The summed E-state index contributed by atoms with van der Waals surface area (Å²) in [5.41, 5.74) is 6.50. The molecular formula is C60H87N7O14P2Si2. The Morgan fingerprint density at radius 2 is 1.05 bits per heavy atom. The smallest absolute Gasteiger partial charge is 0.476 e. The van der Waals surface area contributed by atoms with Crippen LogP contribution in [0.3, 0.4) is 0 Å². The molecule has 1 atom stereocenters. The number of nitrogens with zero attached hydrogens (tertiary/aromatic N) is 6. The van der Waals surface area contributed by atoms with Gasteiger partial charge in [0.25, 0.3) is 7.82 Å². The number of aromatic nitrogens is 2. The summed E-state index contributed by atoms with van der Waals surface area (Å²) in [6, 6.07) is 20.8. The van der Waals surface area contributed by atoms with Crippen molar-refractivity contribution in [3.63, 3.8) is 0 Å². The summed E-state index contributed by atoms with van der Waals surface area (Å²) in [5.74, 6) is 1.21. The third kappa shape index (κ3) is 21.0. The van der Waals surface area contributed by atoms with Crippen LogP contribution < -0.4 is 20.0 Å². The Bertz CT molecular complexity index is 3400. The maximum absolute atomic E-state index is 13.6. The summed E-state index contributed by atoms with van der Waals surface area (Å²) in [7, 11) is -4.36. The summed E-state index contributed by atoms with van der Waals surface area (Å²) in [6.07, 6.45) is 10.6. The molecule has 0 radical (unpaired) electrons. The number of benzene rings is 2. The van der Waals surface area contributed by atoms with Crippen molar-refractivity contribution < 1.29 is 70.3 Å². The van der Waals surface area contributed by atoms with Gasteiger partial charge in [0.15, 0.2) is 0 Å². The third-order valence-corrected chi connectivity index (χ3v) is 18.7. The summed E-state index contributed by atoms with van der Waals surface area (Å²) in [6.45, 7) is 17.5. The Hall–Kier alpha value is -6.21. The molecule has 464 valence electrons. The van der Waals surface area contributed by atoms with Crippen LogP contribution in [0.1, 0.15) is 72.6 Å². The van der Waals surface area contributed by atoms with E-state index in [-0.39, 0.29) is 77.1 Å². The topological polar surface area (TPSA) is 264 Å². The van der Waals surface area contributed by atoms with Gasteiger partial charge in [0.1, 0.15) is 47.8 Å². The summed E-state index contributed by atoms with van der Waals surface area (Å²) in [5, 5.41) is 4.06. The number of rotatable bonds is 22. The Balaban J connectivity index is 0.000000353. The van der Waals surface area contributed by atoms with Gasteiger partial charge in [0.05, 0.1) is 40.4 Å². The lowest BCUT2D eigenvalue weighted by Crippen LogP contribution is -2.74. The molecule has 6 aromatic rings. The predicted molar refractivity (Wildman–Crippen MR) is 338 cm³/mol. The zero-order valence-corrected chi connectivity index (χ0v) is 53.4. The first-order valence-corrected chi connectivity index (χ1v) is 37.8. The van der Waals surface area contributed by atoms with Gasteiger partial charge in [-0.2, -0.15) is 0 Å². The lowest BCUT2D eigenvalue weighted by Gasteiger charge is -2.29. The van der Waals surface area contributed by atoms with Gasteiger partial charge in [-0.05, 0) is 97.4 Å². The van der Waals surface area contributed by atoms with E-state index in [2.05, 4.69) is 53.8 Å². The van der Waals surface area contributed by atoms with Gasteiger partial charge < -0.3 is 33.7 Å². The molecule has 8 rings (SSSR count). The first kappa shape index (κ1) is 71.3. The van der Waals surface area contributed by atoms with Crippen molar-refractivity contribution in [2.75, 3.05) is 64.7 Å². The molecule has 25 heteroatoms. The van der Waals surface area contributed by atoms with Gasteiger partial charge in [0, 0.05) is 89.5 Å². The number of aryl methyl sites for hydroxylation is 4. The van der Waals surface area contributed by atoms with Gasteiger partial charge in [-0.1, -0.05) is 90.5 Å². The van der Waals surface area contributed by atoms with E-state index in [1.165, 1.54) is 23.2 Å². The number of anilines is 2. The third-order valence-electron chi connectivity index (χ3n) is 13.4. The van der Waals surface area contributed by atoms with E-state index < -0.39 is 38.5 Å². The van der Waals surface area contributed by atoms with Crippen LogP contribution in [0.5, 0.6) is 0 Å². The molecule has 0 saturated carbocycles. The van der Waals surface area contributed by atoms with Crippen LogP contribution in [0, 0.1) is 13.8 Å².